The normalized spacial score (nSPS) is 11.2. The maximum Gasteiger partial charge on any atom is 0.280 e. The van der Waals surface area contributed by atoms with Crippen LogP contribution in [0.25, 0.3) is 22.6 Å². The number of aryl methyl sites for hydroxylation is 2. The van der Waals surface area contributed by atoms with E-state index in [0.29, 0.717) is 16.3 Å². The van der Waals surface area contributed by atoms with Crippen molar-refractivity contribution < 1.29 is 14.0 Å². The van der Waals surface area contributed by atoms with Crippen molar-refractivity contribution in [3.05, 3.63) is 80.6 Å². The molecule has 14 heteroatoms. The molecule has 3 N–H and O–H groups in total. The number of nitrogens with one attached hydrogen (secondary N) is 3. The molecule has 0 saturated heterocycles. The van der Waals surface area contributed by atoms with Gasteiger partial charge in [0.05, 0.1) is 22.4 Å². The lowest BCUT2D eigenvalue weighted by Crippen LogP contribution is -2.13. The standard InChI is InChI=1S/C23H18ClN9O4/c1-12-3-5-14(6-4-12)28-30-21-20(26-22-23(27-21)32-37-31-22)29-25-11-15-7-8-19(36-15)16-10-17(24)13(2)9-18(16)33(34)35/h3-11,28H,1-2H3,(H,26,29,31)(H,27,30,32)/b25-11+. The highest BCUT2D eigenvalue weighted by Gasteiger charge is 2.20. The molecule has 5 aromatic rings. The monoisotopic (exact) mass is 519 g/mol. The van der Waals surface area contributed by atoms with Gasteiger partial charge in [-0.15, -0.1) is 0 Å². The Kier molecular flexibility index (Phi) is 6.34. The first kappa shape index (κ1) is 23.7. The minimum atomic E-state index is -0.483. The molecule has 3 aromatic heterocycles. The first-order valence-electron chi connectivity index (χ1n) is 10.8. The fourth-order valence-corrected chi connectivity index (χ4v) is 3.47. The Balaban J connectivity index is 1.36. The minimum absolute atomic E-state index is 0.112. The van der Waals surface area contributed by atoms with Gasteiger partial charge in [-0.3, -0.25) is 26.4 Å². The molecule has 0 aliphatic carbocycles. The number of hydrazine groups is 1. The molecule has 3 heterocycles. The van der Waals surface area contributed by atoms with Gasteiger partial charge in [0.15, 0.2) is 11.6 Å². The zero-order valence-corrected chi connectivity index (χ0v) is 20.1. The summed E-state index contributed by atoms with van der Waals surface area (Å²) in [5, 5.41) is 23.5. The van der Waals surface area contributed by atoms with Gasteiger partial charge in [-0.2, -0.15) is 15.1 Å². The van der Waals surface area contributed by atoms with Crippen molar-refractivity contribution in [3.63, 3.8) is 0 Å². The number of hydrogen-bond donors (Lipinski definition) is 3. The number of nitro benzene ring substituents is 1. The molecule has 13 nitrogen and oxygen atoms in total. The van der Waals surface area contributed by atoms with Crippen molar-refractivity contribution in [3.8, 4) is 11.3 Å². The fourth-order valence-electron chi connectivity index (χ4n) is 3.31. The number of hydrazone groups is 1. The Morgan fingerprint density at radius 1 is 1.00 bits per heavy atom. The first-order chi connectivity index (χ1) is 17.9. The van der Waals surface area contributed by atoms with Crippen molar-refractivity contribution in [1.82, 2.24) is 20.3 Å². The number of rotatable bonds is 8. The molecule has 0 aliphatic heterocycles. The van der Waals surface area contributed by atoms with Crippen LogP contribution in [0.1, 0.15) is 16.9 Å². The van der Waals surface area contributed by atoms with E-state index >= 15 is 0 Å². The van der Waals surface area contributed by atoms with Crippen LogP contribution in [-0.4, -0.2) is 31.4 Å². The molecule has 0 spiro atoms. The Hall–Kier alpha value is -5.04. The van der Waals surface area contributed by atoms with Crippen LogP contribution >= 0.6 is 11.6 Å². The van der Waals surface area contributed by atoms with Gasteiger partial charge in [-0.05, 0) is 60.1 Å². The highest BCUT2D eigenvalue weighted by Crippen LogP contribution is 2.35. The van der Waals surface area contributed by atoms with E-state index in [9.17, 15) is 10.1 Å². The van der Waals surface area contributed by atoms with E-state index in [-0.39, 0.29) is 39.9 Å². The summed E-state index contributed by atoms with van der Waals surface area (Å²) in [6.45, 7) is 3.69. The number of anilines is 3. The zero-order valence-electron chi connectivity index (χ0n) is 19.4. The third-order valence-electron chi connectivity index (χ3n) is 5.22. The van der Waals surface area contributed by atoms with Crippen molar-refractivity contribution in [2.75, 3.05) is 16.3 Å². The molecule has 0 fully saturated rings. The van der Waals surface area contributed by atoms with Gasteiger partial charge in [0, 0.05) is 11.1 Å². The topological polar surface area (TPSA) is 169 Å². The molecular weight excluding hydrogens is 502 g/mol. The van der Waals surface area contributed by atoms with Gasteiger partial charge in [-0.25, -0.2) is 4.63 Å². The molecule has 0 atom stereocenters. The van der Waals surface area contributed by atoms with Crippen LogP contribution < -0.4 is 16.3 Å². The van der Waals surface area contributed by atoms with Gasteiger partial charge >= 0.3 is 0 Å². The molecule has 0 saturated carbocycles. The molecule has 0 amide bonds. The number of aromatic nitrogens is 4. The Morgan fingerprint density at radius 3 is 2.46 bits per heavy atom. The van der Waals surface area contributed by atoms with Crippen LogP contribution in [0, 0.1) is 24.0 Å². The number of nitrogens with zero attached hydrogens (tertiary/aromatic N) is 6. The van der Waals surface area contributed by atoms with Crippen LogP contribution in [0.2, 0.25) is 5.02 Å². The quantitative estimate of drug-likeness (QED) is 0.137. The average molecular weight is 520 g/mol. The predicted molar refractivity (Wildman–Crippen MR) is 138 cm³/mol. The van der Waals surface area contributed by atoms with E-state index in [1.165, 1.54) is 18.3 Å². The predicted octanol–water partition coefficient (Wildman–Crippen LogP) is 5.34. The largest absolute Gasteiger partial charge is 0.455 e. The molecule has 2 aromatic carbocycles. The number of halogens is 1. The number of fused-ring (bicyclic) bond motifs is 1. The molecule has 0 unspecified atom stereocenters. The maximum atomic E-state index is 11.5. The summed E-state index contributed by atoms with van der Waals surface area (Å²) in [4.78, 5) is 19.7. The highest BCUT2D eigenvalue weighted by atomic mass is 35.5. The summed E-state index contributed by atoms with van der Waals surface area (Å²) < 4.78 is 10.4. The second kappa shape index (κ2) is 9.91. The van der Waals surface area contributed by atoms with Crippen LogP contribution in [0.5, 0.6) is 0 Å². The highest BCUT2D eigenvalue weighted by molar-refractivity contribution is 6.31. The van der Waals surface area contributed by atoms with Crippen LogP contribution in [0.15, 0.2) is 62.7 Å². The summed E-state index contributed by atoms with van der Waals surface area (Å²) in [6.07, 6.45) is 1.38. The van der Waals surface area contributed by atoms with E-state index in [4.69, 9.17) is 20.6 Å². The molecule has 186 valence electrons. The summed E-state index contributed by atoms with van der Waals surface area (Å²) >= 11 is 6.18. The minimum Gasteiger partial charge on any atom is -0.455 e. The maximum absolute atomic E-state index is 11.5. The van der Waals surface area contributed by atoms with Crippen molar-refractivity contribution in [2.45, 2.75) is 13.8 Å². The average Bonchev–Trinajstić information content (AvgIpc) is 3.54. The van der Waals surface area contributed by atoms with E-state index in [1.807, 2.05) is 31.2 Å². The SMILES string of the molecule is Cc1ccc(NNc2nc3nonc3nc2N/N=C/c2ccc(-c3cc(Cl)c(C)cc3[N+](=O)[O-])o2)cc1. The number of benzene rings is 2. The molecule has 0 bridgehead atoms. The van der Waals surface area contributed by atoms with Gasteiger partial charge in [0.2, 0.25) is 11.3 Å². The second-order valence-corrected chi connectivity index (χ2v) is 8.30. The van der Waals surface area contributed by atoms with Crippen molar-refractivity contribution in [1.29, 1.82) is 0 Å². The molecule has 0 radical (unpaired) electrons. The fraction of sp³-hybridized carbons (Fsp3) is 0.0870. The van der Waals surface area contributed by atoms with Gasteiger partial charge < -0.3 is 4.42 Å². The van der Waals surface area contributed by atoms with Gasteiger partial charge in [0.25, 0.3) is 5.69 Å². The number of hydrogen-bond acceptors (Lipinski definition) is 12. The molecule has 5 rings (SSSR count). The lowest BCUT2D eigenvalue weighted by Gasteiger charge is -2.11. The number of nitro groups is 1. The first-order valence-corrected chi connectivity index (χ1v) is 11.2. The molecule has 0 aliphatic rings. The van der Waals surface area contributed by atoms with E-state index in [0.717, 1.165) is 11.3 Å². The number of furan rings is 1. The third-order valence-corrected chi connectivity index (χ3v) is 5.63. The second-order valence-electron chi connectivity index (χ2n) is 7.90. The van der Waals surface area contributed by atoms with Crippen LogP contribution in [0.4, 0.5) is 23.0 Å². The van der Waals surface area contributed by atoms with E-state index in [1.54, 1.807) is 19.1 Å². The third kappa shape index (κ3) is 5.16. The zero-order chi connectivity index (χ0) is 25.9. The lowest BCUT2D eigenvalue weighted by atomic mass is 10.1. The van der Waals surface area contributed by atoms with E-state index in [2.05, 4.69) is 41.7 Å². The van der Waals surface area contributed by atoms with Gasteiger partial charge in [-0.1, -0.05) is 29.3 Å². The Bertz CT molecular complexity index is 1630. The smallest absolute Gasteiger partial charge is 0.280 e. The summed E-state index contributed by atoms with van der Waals surface area (Å²) in [5.74, 6) is 1.12. The van der Waals surface area contributed by atoms with Crippen molar-refractivity contribution in [2.24, 2.45) is 5.10 Å². The molecule has 37 heavy (non-hydrogen) atoms. The summed E-state index contributed by atoms with van der Waals surface area (Å²) in [7, 11) is 0. The summed E-state index contributed by atoms with van der Waals surface area (Å²) in [6, 6.07) is 13.8. The summed E-state index contributed by atoms with van der Waals surface area (Å²) in [5.41, 5.74) is 11.8. The van der Waals surface area contributed by atoms with Crippen LogP contribution in [0.3, 0.4) is 0 Å². The van der Waals surface area contributed by atoms with E-state index < -0.39 is 4.92 Å². The van der Waals surface area contributed by atoms with Crippen LogP contribution in [-0.2, 0) is 0 Å². The van der Waals surface area contributed by atoms with Gasteiger partial charge in [0.1, 0.15) is 11.5 Å². The molecular formula is C23H18ClN9O4. The lowest BCUT2D eigenvalue weighted by molar-refractivity contribution is -0.384. The Labute approximate surface area is 213 Å². The van der Waals surface area contributed by atoms with Crippen molar-refractivity contribution >= 4 is 52.1 Å². The Morgan fingerprint density at radius 2 is 1.73 bits per heavy atom.